The maximum atomic E-state index is 11.5. The van der Waals surface area contributed by atoms with Gasteiger partial charge in [-0.15, -0.1) is 0 Å². The molecule has 0 radical (unpaired) electrons. The largest absolute Gasteiger partial charge is 0.369 e. The minimum Gasteiger partial charge on any atom is -0.369 e. The first-order valence-corrected chi connectivity index (χ1v) is 7.78. The van der Waals surface area contributed by atoms with Crippen molar-refractivity contribution in [3.8, 4) is 0 Å². The van der Waals surface area contributed by atoms with Crippen molar-refractivity contribution in [3.05, 3.63) is 0 Å². The first-order chi connectivity index (χ1) is 7.95. The molecule has 0 heterocycles. The highest BCUT2D eigenvalue weighted by atomic mass is 31.2. The topological polar surface area (TPSA) is 89.6 Å². The lowest BCUT2D eigenvalue weighted by Crippen LogP contribution is -2.29. The number of rotatable bonds is 10. The molecule has 5 nitrogen and oxygen atoms in total. The van der Waals surface area contributed by atoms with Crippen LogP contribution in [-0.2, 0) is 13.9 Å². The van der Waals surface area contributed by atoms with E-state index in [2.05, 4.69) is 11.4 Å². The summed E-state index contributed by atoms with van der Waals surface area (Å²) in [5.74, 6) is -0.758. The Morgan fingerprint density at radius 2 is 1.82 bits per heavy atom. The minimum absolute atomic E-state index is 0.322. The maximum absolute atomic E-state index is 11.5. The van der Waals surface area contributed by atoms with Gasteiger partial charge in [-0.2, -0.15) is 0 Å². The molecule has 2 unspecified atom stereocenters. The first-order valence-electron chi connectivity index (χ1n) is 6.13. The smallest absolute Gasteiger partial charge is 0.340 e. The van der Waals surface area contributed by atoms with E-state index in [1.165, 1.54) is 19.3 Å². The van der Waals surface area contributed by atoms with E-state index in [4.69, 9.17) is 5.73 Å². The van der Waals surface area contributed by atoms with Gasteiger partial charge >= 0.3 is 7.60 Å². The van der Waals surface area contributed by atoms with Crippen molar-refractivity contribution in [2.45, 2.75) is 57.5 Å². The molecule has 0 aliphatic heterocycles. The normalized spacial score (nSPS) is 16.4. The van der Waals surface area contributed by atoms with E-state index in [1.54, 1.807) is 0 Å². The van der Waals surface area contributed by atoms with Gasteiger partial charge in [0.2, 0.25) is 5.91 Å². The Bertz CT molecular complexity index is 270. The third-order valence-electron chi connectivity index (χ3n) is 2.81. The van der Waals surface area contributed by atoms with Crippen LogP contribution in [0.3, 0.4) is 0 Å². The van der Waals surface area contributed by atoms with Crippen molar-refractivity contribution < 1.29 is 18.8 Å². The molecule has 0 aromatic rings. The molecule has 0 aromatic heterocycles. The molecule has 0 saturated heterocycles. The van der Waals surface area contributed by atoms with E-state index in [9.17, 15) is 14.3 Å². The summed E-state index contributed by atoms with van der Waals surface area (Å²) in [5.41, 5.74) is 4.04. The van der Waals surface area contributed by atoms with Crippen molar-refractivity contribution in [2.75, 3.05) is 7.11 Å². The van der Waals surface area contributed by atoms with Crippen LogP contribution < -0.4 is 5.73 Å². The molecule has 0 aromatic carbocycles. The fourth-order valence-electron chi connectivity index (χ4n) is 1.71. The fraction of sp³-hybridized carbons (Fsp3) is 0.909. The zero-order valence-electron chi connectivity index (χ0n) is 10.7. The van der Waals surface area contributed by atoms with Gasteiger partial charge in [0.25, 0.3) is 0 Å². The van der Waals surface area contributed by atoms with E-state index in [0.717, 1.165) is 26.4 Å². The third-order valence-corrected chi connectivity index (χ3v) is 4.64. The van der Waals surface area contributed by atoms with Gasteiger partial charge in [0.15, 0.2) is 0 Å². The molecule has 2 atom stereocenters. The number of amides is 1. The van der Waals surface area contributed by atoms with E-state index in [1.807, 2.05) is 0 Å². The van der Waals surface area contributed by atoms with Crippen LogP contribution >= 0.6 is 7.60 Å². The monoisotopic (exact) mass is 265 g/mol. The Morgan fingerprint density at radius 3 is 2.29 bits per heavy atom. The van der Waals surface area contributed by atoms with Crippen LogP contribution in [0.5, 0.6) is 0 Å². The molecule has 0 rings (SSSR count). The van der Waals surface area contributed by atoms with E-state index in [0.29, 0.717) is 6.42 Å². The molecule has 17 heavy (non-hydrogen) atoms. The second kappa shape index (κ2) is 8.67. The van der Waals surface area contributed by atoms with Crippen molar-refractivity contribution in [1.82, 2.24) is 0 Å². The number of primary amides is 1. The quantitative estimate of drug-likeness (QED) is 0.469. The highest BCUT2D eigenvalue weighted by Crippen LogP contribution is 2.48. The number of carbonyl (C=O) groups excluding carboxylic acids is 1. The second-order valence-electron chi connectivity index (χ2n) is 4.22. The van der Waals surface area contributed by atoms with Gasteiger partial charge in [-0.3, -0.25) is 9.36 Å². The van der Waals surface area contributed by atoms with Crippen LogP contribution in [0.1, 0.15) is 51.9 Å². The molecule has 0 aliphatic carbocycles. The molecular formula is C11H24NO4P. The summed E-state index contributed by atoms with van der Waals surface area (Å²) in [4.78, 5) is 20.5. The standard InChI is InChI=1S/C11H24NO4P/c1-3-4-5-6-7-8-9-10(11(12)13)17(14,15)16-2/h10H,3-9H2,1-2H3,(H2,12,13)(H,14,15). The van der Waals surface area contributed by atoms with Gasteiger partial charge < -0.3 is 15.2 Å². The molecule has 0 fully saturated rings. The molecule has 3 N–H and O–H groups in total. The number of hydrogen-bond donors (Lipinski definition) is 2. The van der Waals surface area contributed by atoms with Crippen LogP contribution in [0, 0.1) is 0 Å². The van der Waals surface area contributed by atoms with Crippen molar-refractivity contribution in [3.63, 3.8) is 0 Å². The fourth-order valence-corrected chi connectivity index (χ4v) is 2.80. The van der Waals surface area contributed by atoms with Crippen LogP contribution in [0.4, 0.5) is 0 Å². The maximum Gasteiger partial charge on any atom is 0.340 e. The van der Waals surface area contributed by atoms with Crippen LogP contribution in [0.2, 0.25) is 0 Å². The van der Waals surface area contributed by atoms with E-state index >= 15 is 0 Å². The lowest BCUT2D eigenvalue weighted by molar-refractivity contribution is -0.118. The average Bonchev–Trinajstić information content (AvgIpc) is 2.27. The minimum atomic E-state index is -3.88. The predicted octanol–water partition coefficient (Wildman–Crippen LogP) is 2.42. The Hall–Kier alpha value is -0.380. The van der Waals surface area contributed by atoms with Gasteiger partial charge in [-0.25, -0.2) is 0 Å². The van der Waals surface area contributed by atoms with Gasteiger partial charge in [-0.1, -0.05) is 45.4 Å². The van der Waals surface area contributed by atoms with Gasteiger partial charge in [0, 0.05) is 7.11 Å². The number of hydrogen-bond acceptors (Lipinski definition) is 3. The summed E-state index contributed by atoms with van der Waals surface area (Å²) >= 11 is 0. The van der Waals surface area contributed by atoms with Crippen molar-refractivity contribution in [1.29, 1.82) is 0 Å². The summed E-state index contributed by atoms with van der Waals surface area (Å²) < 4.78 is 16.0. The molecule has 0 bridgehead atoms. The van der Waals surface area contributed by atoms with Gasteiger partial charge in [-0.05, 0) is 6.42 Å². The molecule has 0 aliphatic rings. The second-order valence-corrected chi connectivity index (χ2v) is 6.34. The molecule has 0 saturated carbocycles. The Balaban J connectivity index is 3.96. The van der Waals surface area contributed by atoms with Gasteiger partial charge in [0.05, 0.1) is 0 Å². The summed E-state index contributed by atoms with van der Waals surface area (Å²) in [5, 5.41) is 0. The van der Waals surface area contributed by atoms with E-state index in [-0.39, 0.29) is 0 Å². The Kier molecular flexibility index (Phi) is 8.48. The highest BCUT2D eigenvalue weighted by molar-refractivity contribution is 7.54. The number of carbonyl (C=O) groups is 1. The van der Waals surface area contributed by atoms with Crippen molar-refractivity contribution >= 4 is 13.5 Å². The third kappa shape index (κ3) is 6.81. The highest BCUT2D eigenvalue weighted by Gasteiger charge is 2.35. The predicted molar refractivity (Wildman–Crippen MR) is 67.8 cm³/mol. The summed E-state index contributed by atoms with van der Waals surface area (Å²) in [6.45, 7) is 2.14. The van der Waals surface area contributed by atoms with Crippen LogP contribution in [-0.4, -0.2) is 23.6 Å². The zero-order valence-corrected chi connectivity index (χ0v) is 11.6. The van der Waals surface area contributed by atoms with Gasteiger partial charge in [0.1, 0.15) is 5.66 Å². The van der Waals surface area contributed by atoms with Crippen LogP contribution in [0.25, 0.3) is 0 Å². The Morgan fingerprint density at radius 1 is 1.29 bits per heavy atom. The lowest BCUT2D eigenvalue weighted by Gasteiger charge is -2.17. The van der Waals surface area contributed by atoms with Crippen LogP contribution in [0.15, 0.2) is 0 Å². The average molecular weight is 265 g/mol. The molecule has 6 heteroatoms. The molecule has 0 spiro atoms. The van der Waals surface area contributed by atoms with E-state index < -0.39 is 19.2 Å². The Labute approximate surface area is 103 Å². The molecule has 102 valence electrons. The first kappa shape index (κ1) is 16.6. The number of nitrogens with two attached hydrogens (primary N) is 1. The molecular weight excluding hydrogens is 241 g/mol. The van der Waals surface area contributed by atoms with Crippen molar-refractivity contribution in [2.24, 2.45) is 5.73 Å². The SMILES string of the molecule is CCCCCCCCC(C(N)=O)P(=O)(O)OC. The zero-order chi connectivity index (χ0) is 13.3. The summed E-state index contributed by atoms with van der Waals surface area (Å²) in [6, 6.07) is 0. The number of unbranched alkanes of at least 4 members (excludes halogenated alkanes) is 5. The summed E-state index contributed by atoms with van der Waals surface area (Å²) in [6.07, 6.45) is 6.64. The molecule has 1 amide bonds. The lowest BCUT2D eigenvalue weighted by atomic mass is 10.1. The summed E-state index contributed by atoms with van der Waals surface area (Å²) in [7, 11) is -2.75.